The van der Waals surface area contributed by atoms with E-state index in [0.29, 0.717) is 33.4 Å². The molecule has 0 amide bonds. The smallest absolute Gasteiger partial charge is 0.339 e. The predicted octanol–water partition coefficient (Wildman–Crippen LogP) is 2.46. The number of phenolic OH excluding ortho intramolecular Hbond substituents is 1. The second-order valence-electron chi connectivity index (χ2n) is 6.13. The Kier molecular flexibility index (Phi) is 5.50. The Morgan fingerprint density at radius 2 is 1.93 bits per heavy atom. The second kappa shape index (κ2) is 7.85. The van der Waals surface area contributed by atoms with Gasteiger partial charge in [-0.25, -0.2) is 4.79 Å². The number of Topliss-reactive ketones (excluding diaryl/α,β-unsaturated/α-hetero) is 1. The first-order valence-corrected chi connectivity index (χ1v) is 9.27. The lowest BCUT2D eigenvalue weighted by Crippen LogP contribution is -2.16. The van der Waals surface area contributed by atoms with Crippen molar-refractivity contribution in [2.45, 2.75) is 31.2 Å². The summed E-state index contributed by atoms with van der Waals surface area (Å²) in [6.45, 7) is 5.18. The molecule has 0 unspecified atom stereocenters. The zero-order valence-corrected chi connectivity index (χ0v) is 16.6. The summed E-state index contributed by atoms with van der Waals surface area (Å²) in [5.41, 5.74) is 2.53. The summed E-state index contributed by atoms with van der Waals surface area (Å²) in [6, 6.07) is 6.39. The number of aromatic hydroxyl groups is 1. The largest absolute Gasteiger partial charge is 0.508 e. The summed E-state index contributed by atoms with van der Waals surface area (Å²) >= 11 is 1.20. The summed E-state index contributed by atoms with van der Waals surface area (Å²) in [5, 5.41) is 21.0. The van der Waals surface area contributed by atoms with E-state index >= 15 is 0 Å². The minimum atomic E-state index is -0.510. The maximum absolute atomic E-state index is 12.9. The number of ether oxygens (including phenoxy) is 1. The molecule has 0 saturated carbocycles. The van der Waals surface area contributed by atoms with E-state index < -0.39 is 11.2 Å². The van der Waals surface area contributed by atoms with Crippen LogP contribution in [0.2, 0.25) is 0 Å². The summed E-state index contributed by atoms with van der Waals surface area (Å²) in [7, 11) is 1.30. The lowest BCUT2D eigenvalue weighted by molar-refractivity contribution is 0.0599. The van der Waals surface area contributed by atoms with Gasteiger partial charge >= 0.3 is 5.97 Å². The Labute approximate surface area is 165 Å². The number of methoxy groups -OCH3 is 1. The fourth-order valence-corrected chi connectivity index (χ4v) is 3.69. The second-order valence-corrected chi connectivity index (χ2v) is 7.44. The molecule has 0 aliphatic rings. The first-order valence-electron chi connectivity index (χ1n) is 8.39. The summed E-state index contributed by atoms with van der Waals surface area (Å²) in [5.74, 6) is -0.531. The Hall–Kier alpha value is -3.14. The average Bonchev–Trinajstić information content (AvgIpc) is 3.25. The third kappa shape index (κ3) is 3.63. The third-order valence-electron chi connectivity index (χ3n) is 4.26. The number of carbonyl (C=O) groups is 2. The summed E-state index contributed by atoms with van der Waals surface area (Å²) < 4.78 is 6.27. The van der Waals surface area contributed by atoms with Crippen LogP contribution in [0.15, 0.2) is 29.4 Å². The number of aryl methyl sites for hydroxylation is 1. The van der Waals surface area contributed by atoms with Crippen LogP contribution in [0.3, 0.4) is 0 Å². The zero-order valence-electron chi connectivity index (χ0n) is 15.8. The van der Waals surface area contributed by atoms with Gasteiger partial charge in [-0.2, -0.15) is 4.68 Å². The number of thioether (sulfide) groups is 1. The van der Waals surface area contributed by atoms with Crippen molar-refractivity contribution >= 4 is 23.5 Å². The van der Waals surface area contributed by atoms with E-state index in [1.165, 1.54) is 35.7 Å². The van der Waals surface area contributed by atoms with Gasteiger partial charge in [-0.1, -0.05) is 11.8 Å². The molecule has 9 nitrogen and oxygen atoms in total. The van der Waals surface area contributed by atoms with Gasteiger partial charge in [-0.15, -0.1) is 5.10 Å². The number of esters is 1. The van der Waals surface area contributed by atoms with Crippen LogP contribution in [0, 0.1) is 13.8 Å². The molecule has 0 spiro atoms. The molecule has 1 aromatic carbocycles. The highest BCUT2D eigenvalue weighted by Crippen LogP contribution is 2.28. The van der Waals surface area contributed by atoms with E-state index in [9.17, 15) is 14.7 Å². The highest BCUT2D eigenvalue weighted by Gasteiger charge is 2.27. The van der Waals surface area contributed by atoms with Gasteiger partial charge in [0.25, 0.3) is 0 Å². The van der Waals surface area contributed by atoms with Gasteiger partial charge in [0, 0.05) is 5.69 Å². The third-order valence-corrected chi connectivity index (χ3v) is 5.29. The number of carbonyl (C=O) groups excluding carboxylic acids is 2. The molecule has 146 valence electrons. The van der Waals surface area contributed by atoms with Crippen LogP contribution in [0.25, 0.3) is 5.69 Å². The van der Waals surface area contributed by atoms with Crippen molar-refractivity contribution < 1.29 is 19.4 Å². The van der Waals surface area contributed by atoms with E-state index in [1.807, 2.05) is 0 Å². The van der Waals surface area contributed by atoms with Gasteiger partial charge in [-0.3, -0.25) is 4.79 Å². The number of aromatic nitrogens is 5. The molecular weight excluding hydrogens is 382 g/mol. The highest BCUT2D eigenvalue weighted by atomic mass is 32.2. The van der Waals surface area contributed by atoms with E-state index in [2.05, 4.69) is 20.5 Å². The molecule has 1 atom stereocenters. The average molecular weight is 401 g/mol. The van der Waals surface area contributed by atoms with Crippen molar-refractivity contribution in [3.63, 3.8) is 0 Å². The molecular formula is C18H19N5O4S. The van der Waals surface area contributed by atoms with Gasteiger partial charge in [0.1, 0.15) is 5.75 Å². The zero-order chi connectivity index (χ0) is 20.4. The standard InChI is InChI=1S/C18H19N5O4S/c1-9-14(17(26)27-4)10(2)19-15(9)16(25)11(3)28-18-20-21-22-23(18)12-5-7-13(24)8-6-12/h5-8,11,19,24H,1-4H3/t11-/m1/s1. The van der Waals surface area contributed by atoms with Gasteiger partial charge < -0.3 is 14.8 Å². The number of nitrogens with zero attached hydrogens (tertiary/aromatic N) is 4. The molecule has 2 aromatic heterocycles. The maximum atomic E-state index is 12.9. The Morgan fingerprint density at radius 1 is 1.25 bits per heavy atom. The molecule has 0 radical (unpaired) electrons. The Bertz CT molecular complexity index is 1030. The molecule has 0 aliphatic carbocycles. The molecule has 28 heavy (non-hydrogen) atoms. The number of aromatic amines is 1. The molecule has 10 heteroatoms. The van der Waals surface area contributed by atoms with E-state index in [1.54, 1.807) is 32.9 Å². The number of rotatable bonds is 6. The number of H-pyrrole nitrogens is 1. The van der Waals surface area contributed by atoms with Crippen LogP contribution >= 0.6 is 11.8 Å². The fraction of sp³-hybridized carbons (Fsp3) is 0.278. The van der Waals surface area contributed by atoms with Crippen LogP contribution in [0.1, 0.15) is 39.0 Å². The summed E-state index contributed by atoms with van der Waals surface area (Å²) in [4.78, 5) is 27.9. The van der Waals surface area contributed by atoms with Crippen molar-refractivity contribution in [3.8, 4) is 11.4 Å². The van der Waals surface area contributed by atoms with Crippen molar-refractivity contribution in [2.24, 2.45) is 0 Å². The SMILES string of the molecule is COC(=O)c1c(C)[nH]c(C(=O)[C@@H](C)Sc2nnnn2-c2ccc(O)cc2)c1C. The highest BCUT2D eigenvalue weighted by molar-refractivity contribution is 8.00. The molecule has 2 heterocycles. The number of nitrogens with one attached hydrogen (secondary N) is 1. The molecule has 2 N–H and O–H groups in total. The van der Waals surface area contributed by atoms with Crippen molar-refractivity contribution in [1.29, 1.82) is 0 Å². The van der Waals surface area contributed by atoms with Crippen LogP contribution in [-0.4, -0.2) is 54.4 Å². The van der Waals surface area contributed by atoms with E-state index in [4.69, 9.17) is 4.74 Å². The first kappa shape index (κ1) is 19.6. The lowest BCUT2D eigenvalue weighted by atomic mass is 10.1. The van der Waals surface area contributed by atoms with Gasteiger partial charge in [-0.05, 0) is 61.0 Å². The molecule has 0 fully saturated rings. The van der Waals surface area contributed by atoms with Gasteiger partial charge in [0.2, 0.25) is 5.16 Å². The predicted molar refractivity (Wildman–Crippen MR) is 102 cm³/mol. The van der Waals surface area contributed by atoms with E-state index in [-0.39, 0.29) is 11.5 Å². The van der Waals surface area contributed by atoms with Crippen molar-refractivity contribution in [3.05, 3.63) is 46.8 Å². The topological polar surface area (TPSA) is 123 Å². The number of hydrogen-bond acceptors (Lipinski definition) is 8. The number of benzene rings is 1. The number of ketones is 1. The number of phenols is 1. The molecule has 3 rings (SSSR count). The van der Waals surface area contributed by atoms with E-state index in [0.717, 1.165) is 0 Å². The Balaban J connectivity index is 1.84. The van der Waals surface area contributed by atoms with Gasteiger partial charge in [0.05, 0.1) is 29.3 Å². The molecule has 0 bridgehead atoms. The molecule has 0 saturated heterocycles. The maximum Gasteiger partial charge on any atom is 0.339 e. The molecule has 0 aliphatic heterocycles. The van der Waals surface area contributed by atoms with Gasteiger partial charge in [0.15, 0.2) is 5.78 Å². The normalized spacial score (nSPS) is 12.0. The van der Waals surface area contributed by atoms with Crippen molar-refractivity contribution in [1.82, 2.24) is 25.2 Å². The lowest BCUT2D eigenvalue weighted by Gasteiger charge is -2.10. The fourth-order valence-electron chi connectivity index (χ4n) is 2.83. The minimum absolute atomic E-state index is 0.133. The quantitative estimate of drug-likeness (QED) is 0.367. The first-order chi connectivity index (χ1) is 13.3. The molecule has 3 aromatic rings. The monoisotopic (exact) mass is 401 g/mol. The number of tetrazole rings is 1. The van der Waals surface area contributed by atoms with Crippen LogP contribution in [0.4, 0.5) is 0 Å². The van der Waals surface area contributed by atoms with Crippen molar-refractivity contribution in [2.75, 3.05) is 7.11 Å². The van der Waals surface area contributed by atoms with Crippen LogP contribution in [0.5, 0.6) is 5.75 Å². The summed E-state index contributed by atoms with van der Waals surface area (Å²) in [6.07, 6.45) is 0. The van der Waals surface area contributed by atoms with Crippen LogP contribution < -0.4 is 0 Å². The van der Waals surface area contributed by atoms with Crippen LogP contribution in [-0.2, 0) is 4.74 Å². The minimum Gasteiger partial charge on any atom is -0.508 e. The number of hydrogen-bond donors (Lipinski definition) is 2. The Morgan fingerprint density at radius 3 is 2.57 bits per heavy atom.